The fourth-order valence-corrected chi connectivity index (χ4v) is 2.01. The summed E-state index contributed by atoms with van der Waals surface area (Å²) < 4.78 is 0. The van der Waals surface area contributed by atoms with Gasteiger partial charge in [-0.25, -0.2) is 9.97 Å². The molecular weight excluding hydrogens is 255 g/mol. The summed E-state index contributed by atoms with van der Waals surface area (Å²) in [6, 6.07) is 9.48. The van der Waals surface area contributed by atoms with Crippen LogP contribution in [0.4, 0.5) is 0 Å². The molecule has 0 aliphatic heterocycles. The maximum Gasteiger partial charge on any atom is 0.134 e. The zero-order chi connectivity index (χ0) is 12.3. The predicted octanol–water partition coefficient (Wildman–Crippen LogP) is 3.94. The van der Waals surface area contributed by atoms with Gasteiger partial charge in [-0.1, -0.05) is 48.3 Å². The van der Waals surface area contributed by atoms with E-state index in [1.165, 1.54) is 0 Å². The number of aromatic nitrogens is 2. The van der Waals surface area contributed by atoms with Gasteiger partial charge in [0.25, 0.3) is 0 Å². The van der Waals surface area contributed by atoms with Gasteiger partial charge in [-0.2, -0.15) is 0 Å². The zero-order valence-electron chi connectivity index (χ0n) is 9.45. The van der Waals surface area contributed by atoms with Crippen LogP contribution in [0.2, 0.25) is 10.2 Å². The molecule has 2 nitrogen and oxygen atoms in total. The quantitative estimate of drug-likeness (QED) is 0.787. The molecular formula is C13H12Cl2N2. The van der Waals surface area contributed by atoms with Crippen LogP contribution >= 0.6 is 23.2 Å². The summed E-state index contributed by atoms with van der Waals surface area (Å²) in [7, 11) is 0. The monoisotopic (exact) mass is 266 g/mol. The van der Waals surface area contributed by atoms with E-state index < -0.39 is 0 Å². The Morgan fingerprint density at radius 1 is 1.12 bits per heavy atom. The van der Waals surface area contributed by atoms with Crippen LogP contribution < -0.4 is 0 Å². The maximum absolute atomic E-state index is 6.10. The number of hydrogen-bond donors (Lipinski definition) is 0. The lowest BCUT2D eigenvalue weighted by Crippen LogP contribution is -2.00. The minimum absolute atomic E-state index is 0.485. The molecule has 0 saturated heterocycles. The highest BCUT2D eigenvalue weighted by atomic mass is 35.5. The van der Waals surface area contributed by atoms with Gasteiger partial charge in [-0.05, 0) is 24.1 Å². The molecule has 0 aliphatic rings. The van der Waals surface area contributed by atoms with Crippen molar-refractivity contribution >= 4 is 23.2 Å². The van der Waals surface area contributed by atoms with Gasteiger partial charge in [0.15, 0.2) is 0 Å². The van der Waals surface area contributed by atoms with Crippen molar-refractivity contribution in [2.24, 2.45) is 0 Å². The molecule has 2 aromatic rings. The average Bonchev–Trinajstić information content (AvgIpc) is 2.31. The van der Waals surface area contributed by atoms with Crippen LogP contribution in [0, 0.1) is 0 Å². The normalized spacial score (nSPS) is 10.5. The van der Waals surface area contributed by atoms with Crippen molar-refractivity contribution in [1.29, 1.82) is 0 Å². The van der Waals surface area contributed by atoms with Gasteiger partial charge in [-0.3, -0.25) is 0 Å². The van der Waals surface area contributed by atoms with E-state index in [2.05, 4.69) is 9.97 Å². The van der Waals surface area contributed by atoms with Crippen LogP contribution in [-0.4, -0.2) is 9.97 Å². The first-order chi connectivity index (χ1) is 8.19. The third kappa shape index (κ3) is 3.18. The molecule has 0 unspecified atom stereocenters. The second-order valence-electron chi connectivity index (χ2n) is 3.72. The van der Waals surface area contributed by atoms with Crippen molar-refractivity contribution in [3.8, 4) is 0 Å². The van der Waals surface area contributed by atoms with Crippen molar-refractivity contribution in [3.05, 3.63) is 57.6 Å². The highest BCUT2D eigenvalue weighted by Gasteiger charge is 2.06. The van der Waals surface area contributed by atoms with E-state index in [-0.39, 0.29) is 0 Å². The zero-order valence-corrected chi connectivity index (χ0v) is 11.0. The highest BCUT2D eigenvalue weighted by Crippen LogP contribution is 2.18. The van der Waals surface area contributed by atoms with Gasteiger partial charge in [-0.15, -0.1) is 0 Å². The fraction of sp³-hybridized carbons (Fsp3) is 0.231. The number of nitrogens with zero attached hydrogens (tertiary/aromatic N) is 2. The summed E-state index contributed by atoms with van der Waals surface area (Å²) in [4.78, 5) is 8.65. The van der Waals surface area contributed by atoms with Gasteiger partial charge in [0.2, 0.25) is 0 Å². The lowest BCUT2D eigenvalue weighted by molar-refractivity contribution is 0.906. The Kier molecular flexibility index (Phi) is 3.97. The van der Waals surface area contributed by atoms with Gasteiger partial charge in [0, 0.05) is 17.1 Å². The molecule has 1 aromatic carbocycles. The minimum Gasteiger partial charge on any atom is -0.237 e. The van der Waals surface area contributed by atoms with E-state index in [4.69, 9.17) is 23.2 Å². The van der Waals surface area contributed by atoms with Crippen LogP contribution in [-0.2, 0) is 12.8 Å². The lowest BCUT2D eigenvalue weighted by Gasteiger charge is -2.05. The first kappa shape index (κ1) is 12.3. The Labute approximate surface area is 111 Å². The molecule has 0 N–H and O–H groups in total. The summed E-state index contributed by atoms with van der Waals surface area (Å²) in [5.74, 6) is 0.711. The lowest BCUT2D eigenvalue weighted by atomic mass is 10.1. The van der Waals surface area contributed by atoms with Crippen LogP contribution in [0.25, 0.3) is 0 Å². The smallest absolute Gasteiger partial charge is 0.134 e. The molecule has 0 bridgehead atoms. The molecule has 0 saturated carbocycles. The minimum atomic E-state index is 0.485. The fourth-order valence-electron chi connectivity index (χ4n) is 1.59. The molecule has 1 aromatic heterocycles. The van der Waals surface area contributed by atoms with Crippen LogP contribution in [0.15, 0.2) is 30.3 Å². The highest BCUT2D eigenvalue weighted by molar-refractivity contribution is 6.31. The second-order valence-corrected chi connectivity index (χ2v) is 4.51. The second kappa shape index (κ2) is 5.48. The topological polar surface area (TPSA) is 25.8 Å². The van der Waals surface area contributed by atoms with Crippen LogP contribution in [0.3, 0.4) is 0 Å². The van der Waals surface area contributed by atoms with E-state index in [0.29, 0.717) is 17.4 Å². The van der Waals surface area contributed by atoms with Crippen LogP contribution in [0.1, 0.15) is 24.0 Å². The molecule has 0 amide bonds. The standard InChI is InChI=1S/C13H12Cl2N2/c1-2-10-8-12(15)17-13(16-10)7-9-5-3-4-6-11(9)14/h3-6,8H,2,7H2,1H3. The Bertz CT molecular complexity index is 527. The molecule has 0 atom stereocenters. The molecule has 17 heavy (non-hydrogen) atoms. The Morgan fingerprint density at radius 3 is 2.59 bits per heavy atom. The number of halogens is 2. The van der Waals surface area contributed by atoms with Crippen molar-refractivity contribution in [1.82, 2.24) is 9.97 Å². The summed E-state index contributed by atoms with van der Waals surface area (Å²) >= 11 is 12.0. The van der Waals surface area contributed by atoms with Crippen molar-refractivity contribution in [2.75, 3.05) is 0 Å². The third-order valence-electron chi connectivity index (χ3n) is 2.46. The number of rotatable bonds is 3. The molecule has 1 heterocycles. The van der Waals surface area contributed by atoms with Crippen molar-refractivity contribution in [2.45, 2.75) is 19.8 Å². The summed E-state index contributed by atoms with van der Waals surface area (Å²) in [5, 5.41) is 1.22. The molecule has 0 radical (unpaired) electrons. The number of hydrogen-bond acceptors (Lipinski definition) is 2. The number of aryl methyl sites for hydroxylation is 1. The largest absolute Gasteiger partial charge is 0.237 e. The molecule has 88 valence electrons. The maximum atomic E-state index is 6.10. The van der Waals surface area contributed by atoms with Crippen molar-refractivity contribution in [3.63, 3.8) is 0 Å². The van der Waals surface area contributed by atoms with Gasteiger partial charge in [0.1, 0.15) is 11.0 Å². The summed E-state index contributed by atoms with van der Waals surface area (Å²) in [6.45, 7) is 2.04. The third-order valence-corrected chi connectivity index (χ3v) is 3.03. The molecule has 0 spiro atoms. The molecule has 0 aliphatic carbocycles. The van der Waals surface area contributed by atoms with E-state index in [0.717, 1.165) is 22.7 Å². The van der Waals surface area contributed by atoms with E-state index in [1.807, 2.05) is 31.2 Å². The van der Waals surface area contributed by atoms with Gasteiger partial charge < -0.3 is 0 Å². The summed E-state index contributed by atoms with van der Waals surface area (Å²) in [6.07, 6.45) is 1.45. The first-order valence-corrected chi connectivity index (χ1v) is 6.20. The Morgan fingerprint density at radius 2 is 1.88 bits per heavy atom. The summed E-state index contributed by atoms with van der Waals surface area (Å²) in [5.41, 5.74) is 1.96. The van der Waals surface area contributed by atoms with Gasteiger partial charge >= 0.3 is 0 Å². The molecule has 2 rings (SSSR count). The predicted molar refractivity (Wildman–Crippen MR) is 70.7 cm³/mol. The average molecular weight is 267 g/mol. The number of benzene rings is 1. The van der Waals surface area contributed by atoms with Gasteiger partial charge in [0.05, 0.1) is 0 Å². The SMILES string of the molecule is CCc1cc(Cl)nc(Cc2ccccc2Cl)n1. The Hall–Kier alpha value is -1.12. The van der Waals surface area contributed by atoms with E-state index in [1.54, 1.807) is 6.07 Å². The molecule has 4 heteroatoms. The van der Waals surface area contributed by atoms with Crippen molar-refractivity contribution < 1.29 is 0 Å². The van der Waals surface area contributed by atoms with E-state index >= 15 is 0 Å². The van der Waals surface area contributed by atoms with E-state index in [9.17, 15) is 0 Å². The molecule has 0 fully saturated rings. The Balaban J connectivity index is 2.30. The van der Waals surface area contributed by atoms with Crippen LogP contribution in [0.5, 0.6) is 0 Å². The first-order valence-electron chi connectivity index (χ1n) is 5.44.